The SMILES string of the molecule is CO.CO.CO.CO.CO.CO.[Ni+2]. The third kappa shape index (κ3) is 20000. The van der Waals surface area contributed by atoms with Crippen LogP contribution in [-0.4, -0.2) is 73.3 Å². The summed E-state index contributed by atoms with van der Waals surface area (Å²) in [5.74, 6) is 0. The Morgan fingerprint density at radius 2 is 0.308 bits per heavy atom. The second-order valence-electron chi connectivity index (χ2n) is 0. The van der Waals surface area contributed by atoms with Crippen molar-refractivity contribution in [3.05, 3.63) is 0 Å². The summed E-state index contributed by atoms with van der Waals surface area (Å²) in [6.45, 7) is 0. The summed E-state index contributed by atoms with van der Waals surface area (Å²) in [6.07, 6.45) is 0. The van der Waals surface area contributed by atoms with Crippen LogP contribution in [0.2, 0.25) is 0 Å². The second kappa shape index (κ2) is 24100. The fourth-order valence-electron chi connectivity index (χ4n) is 0. The van der Waals surface area contributed by atoms with E-state index in [0.717, 1.165) is 42.7 Å². The van der Waals surface area contributed by atoms with Crippen LogP contribution in [0.5, 0.6) is 0 Å². The van der Waals surface area contributed by atoms with Gasteiger partial charge in [-0.3, -0.25) is 0 Å². The van der Waals surface area contributed by atoms with Crippen molar-refractivity contribution in [1.29, 1.82) is 0 Å². The normalized spacial score (nSPS) is 2.77. The van der Waals surface area contributed by atoms with Gasteiger partial charge in [0.1, 0.15) is 0 Å². The maximum absolute atomic E-state index is 7.00. The standard InChI is InChI=1S/6CH4O.Ni/c6*1-2;/h6*2H,1H3;/q;;;;;;+2. The molecule has 13 heavy (non-hydrogen) atoms. The van der Waals surface area contributed by atoms with E-state index in [2.05, 4.69) is 0 Å². The van der Waals surface area contributed by atoms with Gasteiger partial charge in [-0.2, -0.15) is 0 Å². The van der Waals surface area contributed by atoms with Gasteiger partial charge in [-0.15, -0.1) is 0 Å². The zero-order chi connectivity index (χ0) is 12.0. The molecule has 6 N–H and O–H groups in total. The number of aliphatic hydroxyl groups excluding tert-OH is 6. The molecule has 0 bridgehead atoms. The second-order valence-corrected chi connectivity index (χ2v) is 0. The van der Waals surface area contributed by atoms with Crippen molar-refractivity contribution >= 4 is 0 Å². The van der Waals surface area contributed by atoms with Gasteiger partial charge >= 0.3 is 16.5 Å². The van der Waals surface area contributed by atoms with Crippen LogP contribution in [0.4, 0.5) is 0 Å². The average molecular weight is 251 g/mol. The fourth-order valence-corrected chi connectivity index (χ4v) is 0. The molecule has 0 unspecified atom stereocenters. The Morgan fingerprint density at radius 3 is 0.308 bits per heavy atom. The molecule has 0 atom stereocenters. The van der Waals surface area contributed by atoms with Crippen LogP contribution in [-0.2, 0) is 16.5 Å². The van der Waals surface area contributed by atoms with Crippen LogP contribution >= 0.6 is 0 Å². The molecule has 0 aliphatic heterocycles. The number of aliphatic hydroxyl groups is 6. The molecule has 0 aromatic rings. The fraction of sp³-hybridized carbons (Fsp3) is 1.00. The Balaban J connectivity index is -0.00000000655. The zero-order valence-corrected chi connectivity index (χ0v) is 9.99. The van der Waals surface area contributed by atoms with Crippen LogP contribution in [0.25, 0.3) is 0 Å². The molecular formula is C6H24NiO6+2. The molecule has 0 aromatic carbocycles. The van der Waals surface area contributed by atoms with Crippen molar-refractivity contribution in [2.24, 2.45) is 0 Å². The Bertz CT molecular complexity index is 17.1. The van der Waals surface area contributed by atoms with Crippen LogP contribution in [0, 0.1) is 0 Å². The summed E-state index contributed by atoms with van der Waals surface area (Å²) in [4.78, 5) is 0. The molecule has 0 amide bonds. The van der Waals surface area contributed by atoms with Crippen molar-refractivity contribution in [3.8, 4) is 0 Å². The summed E-state index contributed by atoms with van der Waals surface area (Å²) in [5, 5.41) is 42.0. The Morgan fingerprint density at radius 1 is 0.308 bits per heavy atom. The van der Waals surface area contributed by atoms with Crippen LogP contribution in [0.15, 0.2) is 0 Å². The third-order valence-electron chi connectivity index (χ3n) is 0. The van der Waals surface area contributed by atoms with E-state index in [9.17, 15) is 0 Å². The van der Waals surface area contributed by atoms with Gasteiger partial charge in [0.05, 0.1) is 0 Å². The smallest absolute Gasteiger partial charge is 0.400 e. The topological polar surface area (TPSA) is 121 Å². The molecule has 0 rings (SSSR count). The maximum atomic E-state index is 7.00. The van der Waals surface area contributed by atoms with Crippen LogP contribution in [0.3, 0.4) is 0 Å². The van der Waals surface area contributed by atoms with Gasteiger partial charge in [0, 0.05) is 42.7 Å². The molecular weight excluding hydrogens is 227 g/mol. The zero-order valence-electron chi connectivity index (χ0n) is 9.00. The van der Waals surface area contributed by atoms with E-state index in [1.165, 1.54) is 0 Å². The van der Waals surface area contributed by atoms with Gasteiger partial charge in [0.25, 0.3) is 0 Å². The molecule has 0 saturated heterocycles. The molecule has 0 aliphatic carbocycles. The maximum Gasteiger partial charge on any atom is 2.00 e. The van der Waals surface area contributed by atoms with Gasteiger partial charge in [0.2, 0.25) is 0 Å². The number of hydrogen-bond donors (Lipinski definition) is 6. The van der Waals surface area contributed by atoms with Crippen molar-refractivity contribution in [3.63, 3.8) is 0 Å². The summed E-state index contributed by atoms with van der Waals surface area (Å²) < 4.78 is 0. The average Bonchev–Trinajstić information content (AvgIpc) is 2.33. The Labute approximate surface area is 90.4 Å². The van der Waals surface area contributed by atoms with Crippen LogP contribution < -0.4 is 0 Å². The van der Waals surface area contributed by atoms with E-state index in [0.29, 0.717) is 0 Å². The number of hydrogen-bond acceptors (Lipinski definition) is 6. The van der Waals surface area contributed by atoms with E-state index in [1.807, 2.05) is 0 Å². The first-order chi connectivity index (χ1) is 6.00. The molecule has 6 nitrogen and oxygen atoms in total. The largest absolute Gasteiger partial charge is 2.00 e. The minimum Gasteiger partial charge on any atom is -0.400 e. The first kappa shape index (κ1) is 50.9. The molecule has 0 aliphatic rings. The summed E-state index contributed by atoms with van der Waals surface area (Å²) in [7, 11) is 6.00. The molecule has 0 heterocycles. The first-order valence-corrected chi connectivity index (χ1v) is 2.68. The molecule has 0 aromatic heterocycles. The Kier molecular flexibility index (Phi) is 94500. The Hall–Kier alpha value is 0.254. The van der Waals surface area contributed by atoms with Gasteiger partial charge < -0.3 is 30.6 Å². The van der Waals surface area contributed by atoms with Gasteiger partial charge in [0.15, 0.2) is 0 Å². The molecule has 0 spiro atoms. The predicted molar refractivity (Wildman–Crippen MR) is 48.9 cm³/mol. The molecule has 92 valence electrons. The van der Waals surface area contributed by atoms with Crippen molar-refractivity contribution < 1.29 is 47.1 Å². The third-order valence-corrected chi connectivity index (χ3v) is 0. The van der Waals surface area contributed by atoms with Crippen molar-refractivity contribution in [1.82, 2.24) is 0 Å². The van der Waals surface area contributed by atoms with Gasteiger partial charge in [-0.05, 0) is 0 Å². The van der Waals surface area contributed by atoms with E-state index in [1.54, 1.807) is 0 Å². The molecule has 0 radical (unpaired) electrons. The van der Waals surface area contributed by atoms with Crippen LogP contribution in [0.1, 0.15) is 0 Å². The first-order valence-electron chi connectivity index (χ1n) is 2.68. The summed E-state index contributed by atoms with van der Waals surface area (Å²) in [5.41, 5.74) is 0. The van der Waals surface area contributed by atoms with Gasteiger partial charge in [-0.25, -0.2) is 0 Å². The van der Waals surface area contributed by atoms with E-state index in [-0.39, 0.29) is 16.5 Å². The van der Waals surface area contributed by atoms with E-state index in [4.69, 9.17) is 30.6 Å². The predicted octanol–water partition coefficient (Wildman–Crippen LogP) is -2.35. The summed E-state index contributed by atoms with van der Waals surface area (Å²) >= 11 is 0. The summed E-state index contributed by atoms with van der Waals surface area (Å²) in [6, 6.07) is 0. The number of rotatable bonds is 0. The molecule has 7 heteroatoms. The molecule has 0 fully saturated rings. The molecule has 0 saturated carbocycles. The minimum atomic E-state index is 0. The monoisotopic (exact) mass is 250 g/mol. The van der Waals surface area contributed by atoms with E-state index >= 15 is 0 Å². The quantitative estimate of drug-likeness (QED) is 0.268. The van der Waals surface area contributed by atoms with E-state index < -0.39 is 0 Å². The van der Waals surface area contributed by atoms with Crippen molar-refractivity contribution in [2.45, 2.75) is 0 Å². The van der Waals surface area contributed by atoms with Gasteiger partial charge in [-0.1, -0.05) is 0 Å². The van der Waals surface area contributed by atoms with Crippen molar-refractivity contribution in [2.75, 3.05) is 42.7 Å². The minimum absolute atomic E-state index is 0.